The Morgan fingerprint density at radius 3 is 1.89 bits per heavy atom. The first kappa shape index (κ1) is 22.4. The molecule has 0 amide bonds. The molecule has 0 aromatic heterocycles. The number of anilines is 1. The molecule has 5 nitrogen and oxygen atoms in total. The van der Waals surface area contributed by atoms with E-state index in [0.29, 0.717) is 12.3 Å². The standard InChI is InChI=1S/C15H17B7N2O3/c16-13(17,14(18,19)27-15(20,21)22)26-12-3-1-11(2-4-12)24-7-5-23(6-8-24)9-10-25/h1-4,25H,5-10H2. The molecular weight excluding hydrogens is 332 g/mol. The lowest BCUT2D eigenvalue weighted by molar-refractivity contribution is 0.00241. The van der Waals surface area contributed by atoms with Crippen molar-refractivity contribution in [3.05, 3.63) is 24.3 Å². The van der Waals surface area contributed by atoms with Crippen LogP contribution in [0.2, 0.25) is 0 Å². The van der Waals surface area contributed by atoms with E-state index in [2.05, 4.69) is 9.80 Å². The Bertz CT molecular complexity index is 602. The molecule has 0 bridgehead atoms. The molecule has 0 atom stereocenters. The number of nitrogens with zero attached hydrogens (tertiary/aromatic N) is 2. The van der Waals surface area contributed by atoms with Crippen LogP contribution in [0.1, 0.15) is 0 Å². The highest BCUT2D eigenvalue weighted by Gasteiger charge is 2.39. The Morgan fingerprint density at radius 2 is 1.41 bits per heavy atom. The molecular formula is C15H17B7N2O3. The van der Waals surface area contributed by atoms with Gasteiger partial charge in [0.15, 0.2) is 0 Å². The Kier molecular flexibility index (Phi) is 7.20. The summed E-state index contributed by atoms with van der Waals surface area (Å²) in [5.74, 6) is 0.322. The molecule has 126 valence electrons. The fourth-order valence-electron chi connectivity index (χ4n) is 2.74. The minimum absolute atomic E-state index is 0.166. The third-order valence-corrected chi connectivity index (χ3v) is 4.23. The lowest BCUT2D eigenvalue weighted by Crippen LogP contribution is -2.65. The summed E-state index contributed by atoms with van der Waals surface area (Å²) in [7, 11) is 39.1. The minimum atomic E-state index is -2.26. The van der Waals surface area contributed by atoms with Crippen molar-refractivity contribution in [3.63, 3.8) is 0 Å². The van der Waals surface area contributed by atoms with Gasteiger partial charge in [-0.25, -0.2) is 0 Å². The predicted molar refractivity (Wildman–Crippen MR) is 112 cm³/mol. The van der Waals surface area contributed by atoms with Crippen molar-refractivity contribution in [1.82, 2.24) is 4.90 Å². The molecule has 1 aliphatic heterocycles. The largest absolute Gasteiger partial charge is 0.506 e. The Morgan fingerprint density at radius 1 is 0.852 bits per heavy atom. The fraction of sp³-hybridized carbons (Fsp3) is 0.600. The van der Waals surface area contributed by atoms with Crippen LogP contribution in [0.15, 0.2) is 24.3 Å². The first-order chi connectivity index (χ1) is 12.4. The number of aliphatic hydroxyl groups excluding tert-OH is 1. The molecule has 0 unspecified atom stereocenters. The van der Waals surface area contributed by atoms with Crippen LogP contribution in [-0.2, 0) is 4.74 Å². The summed E-state index contributed by atoms with van der Waals surface area (Å²) in [6, 6.07) is 7.09. The van der Waals surface area contributed by atoms with E-state index in [9.17, 15) is 0 Å². The summed E-state index contributed by atoms with van der Waals surface area (Å²) in [4.78, 5) is 4.43. The molecule has 1 N–H and O–H groups in total. The Hall–Kier alpha value is -0.845. The van der Waals surface area contributed by atoms with E-state index in [1.165, 1.54) is 0 Å². The minimum Gasteiger partial charge on any atom is -0.506 e. The van der Waals surface area contributed by atoms with Crippen LogP contribution in [0.4, 0.5) is 5.69 Å². The monoisotopic (exact) mass is 350 g/mol. The van der Waals surface area contributed by atoms with Gasteiger partial charge in [-0.15, -0.1) is 0 Å². The van der Waals surface area contributed by atoms with E-state index in [-0.39, 0.29) is 6.61 Å². The van der Waals surface area contributed by atoms with Crippen LogP contribution in [0.3, 0.4) is 0 Å². The number of piperazine rings is 1. The molecule has 27 heavy (non-hydrogen) atoms. The summed E-state index contributed by atoms with van der Waals surface area (Å²) in [5.41, 5.74) is 1.01. The average molecular weight is 349 g/mol. The highest BCUT2D eigenvalue weighted by atomic mass is 16.6. The lowest BCUT2D eigenvalue weighted by atomic mass is 9.40. The van der Waals surface area contributed by atoms with Gasteiger partial charge in [0, 0.05) is 49.2 Å². The fourth-order valence-corrected chi connectivity index (χ4v) is 2.74. The highest BCUT2D eigenvalue weighted by molar-refractivity contribution is 6.59. The van der Waals surface area contributed by atoms with Crippen molar-refractivity contribution < 1.29 is 14.6 Å². The molecule has 0 saturated carbocycles. The van der Waals surface area contributed by atoms with Gasteiger partial charge in [0.05, 0.1) is 30.1 Å². The number of β-amino-alcohol motifs (C(OH)–C–C–N with tert-alkyl or cyclic N) is 1. The second kappa shape index (κ2) is 8.67. The van der Waals surface area contributed by atoms with Gasteiger partial charge in [0.25, 0.3) is 0 Å². The normalized spacial score (nSPS) is 17.0. The van der Waals surface area contributed by atoms with Gasteiger partial charge in [-0.2, -0.15) is 0 Å². The summed E-state index contributed by atoms with van der Waals surface area (Å²) < 4.78 is 10.4. The van der Waals surface area contributed by atoms with Gasteiger partial charge in [0.2, 0.25) is 0 Å². The first-order valence-corrected chi connectivity index (χ1v) is 8.53. The van der Waals surface area contributed by atoms with Gasteiger partial charge >= 0.3 is 0 Å². The quantitative estimate of drug-likeness (QED) is 0.518. The lowest BCUT2D eigenvalue weighted by Gasteiger charge is -2.48. The van der Waals surface area contributed by atoms with Gasteiger partial charge in [0.1, 0.15) is 37.1 Å². The third-order valence-electron chi connectivity index (χ3n) is 4.23. The van der Waals surface area contributed by atoms with Gasteiger partial charge in [-0.1, -0.05) is 0 Å². The van der Waals surface area contributed by atoms with Crippen molar-refractivity contribution in [3.8, 4) is 5.75 Å². The third kappa shape index (κ3) is 6.33. The number of rotatable bonds is 8. The van der Waals surface area contributed by atoms with Gasteiger partial charge in [-0.05, 0) is 29.6 Å². The van der Waals surface area contributed by atoms with E-state index in [4.69, 9.17) is 69.5 Å². The molecule has 1 heterocycles. The van der Waals surface area contributed by atoms with Crippen LogP contribution in [-0.4, -0.2) is 120 Å². The molecule has 1 fully saturated rings. The molecule has 1 saturated heterocycles. The second-order valence-electron chi connectivity index (χ2n) is 6.69. The number of hydrogen-bond acceptors (Lipinski definition) is 5. The van der Waals surface area contributed by atoms with Crippen LogP contribution >= 0.6 is 0 Å². The number of benzene rings is 1. The topological polar surface area (TPSA) is 45.2 Å². The molecule has 0 aliphatic carbocycles. The van der Waals surface area contributed by atoms with Crippen LogP contribution in [0, 0.1) is 0 Å². The molecule has 2 rings (SSSR count). The summed E-state index contributed by atoms with van der Waals surface area (Å²) in [6.07, 6.45) is 0. The zero-order valence-electron chi connectivity index (χ0n) is 15.3. The maximum atomic E-state index is 9.01. The van der Waals surface area contributed by atoms with Crippen molar-refractivity contribution in [2.24, 2.45) is 0 Å². The second-order valence-corrected chi connectivity index (χ2v) is 6.69. The molecule has 0 spiro atoms. The van der Waals surface area contributed by atoms with E-state index < -0.39 is 16.1 Å². The van der Waals surface area contributed by atoms with Crippen molar-refractivity contribution in [1.29, 1.82) is 0 Å². The van der Waals surface area contributed by atoms with E-state index in [1.807, 2.05) is 12.1 Å². The Balaban J connectivity index is 1.99. The van der Waals surface area contributed by atoms with Crippen molar-refractivity contribution in [2.45, 2.75) is 16.1 Å². The molecule has 1 aromatic carbocycles. The molecule has 14 radical (unpaired) electrons. The molecule has 12 heteroatoms. The van der Waals surface area contributed by atoms with Crippen LogP contribution in [0.25, 0.3) is 0 Å². The van der Waals surface area contributed by atoms with E-state index in [0.717, 1.165) is 31.9 Å². The van der Waals surface area contributed by atoms with Gasteiger partial charge in [-0.3, -0.25) is 4.90 Å². The highest BCUT2D eigenvalue weighted by Crippen LogP contribution is 2.27. The van der Waals surface area contributed by atoms with Crippen molar-refractivity contribution >= 4 is 60.6 Å². The van der Waals surface area contributed by atoms with Crippen molar-refractivity contribution in [2.75, 3.05) is 44.2 Å². The number of hydrogen-bond donors (Lipinski definition) is 1. The predicted octanol–water partition coefficient (Wildman–Crippen LogP) is -2.71. The zero-order chi connectivity index (χ0) is 20.3. The number of ether oxygens (including phenoxy) is 2. The SMILES string of the molecule is [B]C([B])([B])OC([B])([B])C([B])([B])Oc1ccc(N2CCN(CCO)CC2)cc1. The number of aliphatic hydroxyl groups is 1. The summed E-state index contributed by atoms with van der Waals surface area (Å²) in [6.45, 7) is 4.32. The zero-order valence-corrected chi connectivity index (χ0v) is 15.3. The average Bonchev–Trinajstić information content (AvgIpc) is 2.54. The van der Waals surface area contributed by atoms with E-state index in [1.54, 1.807) is 12.1 Å². The maximum Gasteiger partial charge on any atom is 0.118 e. The maximum absolute atomic E-state index is 9.01. The van der Waals surface area contributed by atoms with Gasteiger partial charge < -0.3 is 19.5 Å². The van der Waals surface area contributed by atoms with Crippen LogP contribution in [0.5, 0.6) is 5.75 Å². The molecule has 1 aromatic rings. The van der Waals surface area contributed by atoms with Crippen LogP contribution < -0.4 is 9.64 Å². The molecule has 1 aliphatic rings. The van der Waals surface area contributed by atoms with E-state index >= 15 is 0 Å². The summed E-state index contributed by atoms with van der Waals surface area (Å²) in [5, 5.41) is 2.45. The first-order valence-electron chi connectivity index (χ1n) is 8.53. The Labute approximate surface area is 170 Å². The smallest absolute Gasteiger partial charge is 0.118 e. The summed E-state index contributed by atoms with van der Waals surface area (Å²) >= 11 is 0.